The molecule has 0 radical (unpaired) electrons. The summed E-state index contributed by atoms with van der Waals surface area (Å²) < 4.78 is 7.60. The topological polar surface area (TPSA) is 107 Å². The van der Waals surface area contributed by atoms with Crippen molar-refractivity contribution in [1.82, 2.24) is 25.0 Å². The van der Waals surface area contributed by atoms with E-state index in [1.54, 1.807) is 17.1 Å². The minimum absolute atomic E-state index is 0.0187. The molecule has 1 aromatic carbocycles. The number of pyridine rings is 2. The molecule has 5 rings (SSSR count). The molecule has 2 N–H and O–H groups in total. The van der Waals surface area contributed by atoms with E-state index in [1.807, 2.05) is 31.3 Å². The first-order chi connectivity index (χ1) is 17.8. The van der Waals surface area contributed by atoms with E-state index in [0.29, 0.717) is 18.4 Å². The number of carbonyl (C=O) groups excluding carboxylic acids is 1. The monoisotopic (exact) mass is 513 g/mol. The van der Waals surface area contributed by atoms with Gasteiger partial charge in [-0.25, -0.2) is 14.6 Å². The van der Waals surface area contributed by atoms with Crippen LogP contribution in [0.4, 0.5) is 11.6 Å². The largest absolute Gasteiger partial charge is 0.373 e. The molecule has 0 aliphatic heterocycles. The van der Waals surface area contributed by atoms with Crippen molar-refractivity contribution in [2.24, 2.45) is 5.92 Å². The summed E-state index contributed by atoms with van der Waals surface area (Å²) in [4.78, 5) is 21.1. The van der Waals surface area contributed by atoms with Crippen LogP contribution in [0.2, 0.25) is 25.7 Å². The van der Waals surface area contributed by atoms with Crippen molar-refractivity contribution in [3.63, 3.8) is 0 Å². The van der Waals surface area contributed by atoms with Crippen molar-refractivity contribution in [2.75, 3.05) is 24.3 Å². The lowest BCUT2D eigenvalue weighted by atomic mass is 10.1. The highest BCUT2D eigenvalue weighted by Gasteiger charge is 2.29. The van der Waals surface area contributed by atoms with Crippen molar-refractivity contribution in [3.05, 3.63) is 47.8 Å². The zero-order valence-corrected chi connectivity index (χ0v) is 22.6. The number of hydrogen-bond acceptors (Lipinski definition) is 7. The molecular weight excluding hydrogens is 482 g/mol. The van der Waals surface area contributed by atoms with Gasteiger partial charge < -0.3 is 15.4 Å². The fraction of sp³-hybridized carbons (Fsp3) is 0.370. The molecule has 4 aromatic rings. The lowest BCUT2D eigenvalue weighted by Crippen LogP contribution is -2.22. The Morgan fingerprint density at radius 3 is 2.73 bits per heavy atom. The molecule has 1 amide bonds. The summed E-state index contributed by atoms with van der Waals surface area (Å²) in [7, 11) is 0.687. The van der Waals surface area contributed by atoms with Gasteiger partial charge in [0.15, 0.2) is 0 Å². The Bertz CT molecular complexity index is 1530. The lowest BCUT2D eigenvalue weighted by Gasteiger charge is -2.15. The number of aromatic nitrogens is 5. The highest BCUT2D eigenvalue weighted by molar-refractivity contribution is 6.76. The Hall–Kier alpha value is -3.81. The van der Waals surface area contributed by atoms with E-state index >= 15 is 0 Å². The van der Waals surface area contributed by atoms with Crippen LogP contribution in [0.1, 0.15) is 24.0 Å². The highest BCUT2D eigenvalue weighted by atomic mass is 28.3. The van der Waals surface area contributed by atoms with E-state index in [1.165, 1.54) is 0 Å². The van der Waals surface area contributed by atoms with Gasteiger partial charge >= 0.3 is 0 Å². The average molecular weight is 514 g/mol. The number of fused-ring (bicyclic) bond motifs is 2. The molecule has 3 aromatic heterocycles. The Morgan fingerprint density at radius 2 is 1.97 bits per heavy atom. The first kappa shape index (κ1) is 24.9. The Kier molecular flexibility index (Phi) is 6.91. The maximum atomic E-state index is 12.2. The van der Waals surface area contributed by atoms with Crippen LogP contribution in [0, 0.1) is 17.8 Å². The third-order valence-electron chi connectivity index (χ3n) is 6.27. The molecule has 0 unspecified atom stereocenters. The molecular formula is C27H31N7O2Si. The average Bonchev–Trinajstić information content (AvgIpc) is 3.65. The number of amides is 1. The highest BCUT2D eigenvalue weighted by Crippen LogP contribution is 2.31. The fourth-order valence-corrected chi connectivity index (χ4v) is 4.65. The van der Waals surface area contributed by atoms with E-state index < -0.39 is 8.07 Å². The van der Waals surface area contributed by atoms with Crippen molar-refractivity contribution in [1.29, 1.82) is 0 Å². The van der Waals surface area contributed by atoms with Gasteiger partial charge in [0, 0.05) is 56.4 Å². The van der Waals surface area contributed by atoms with E-state index in [2.05, 4.69) is 62.4 Å². The molecule has 190 valence electrons. The number of hydrogen-bond donors (Lipinski definition) is 2. The number of carbonyl (C=O) groups is 1. The maximum absolute atomic E-state index is 12.2. The summed E-state index contributed by atoms with van der Waals surface area (Å²) in [6.45, 7) is 8.12. The zero-order valence-electron chi connectivity index (χ0n) is 21.6. The molecule has 0 spiro atoms. The number of benzene rings is 1. The third kappa shape index (κ3) is 5.95. The van der Waals surface area contributed by atoms with Gasteiger partial charge in [-0.2, -0.15) is 0 Å². The standard InChI is InChI=1S/C27H31N7O2Si/c1-28-26-22-16-29-25(31-27(35)19-8-9-19)14-21(22)20(15-30-26)7-5-18-6-10-24-23(13-18)32-33-34(24)17-36-11-12-37(2,3)4/h6,10,13-16,19H,8-9,11-12,17H2,1-4H3,(H,28,30)(H,29,31,35). The fourth-order valence-electron chi connectivity index (χ4n) is 3.89. The van der Waals surface area contributed by atoms with Gasteiger partial charge in [0.1, 0.15) is 23.9 Å². The molecule has 3 heterocycles. The number of anilines is 2. The van der Waals surface area contributed by atoms with Crippen molar-refractivity contribution < 1.29 is 9.53 Å². The summed E-state index contributed by atoms with van der Waals surface area (Å²) in [5.41, 5.74) is 3.24. The molecule has 1 saturated carbocycles. The molecule has 0 atom stereocenters. The molecule has 1 aliphatic carbocycles. The molecule has 37 heavy (non-hydrogen) atoms. The van der Waals surface area contributed by atoms with E-state index in [0.717, 1.165) is 58.4 Å². The second kappa shape index (κ2) is 10.3. The second-order valence-corrected chi connectivity index (χ2v) is 16.2. The Balaban J connectivity index is 1.38. The van der Waals surface area contributed by atoms with Crippen LogP contribution in [0.15, 0.2) is 36.7 Å². The minimum atomic E-state index is -1.13. The van der Waals surface area contributed by atoms with E-state index in [9.17, 15) is 4.79 Å². The number of nitrogens with zero attached hydrogens (tertiary/aromatic N) is 5. The normalized spacial score (nSPS) is 13.4. The predicted molar refractivity (Wildman–Crippen MR) is 148 cm³/mol. The van der Waals surface area contributed by atoms with Gasteiger partial charge in [0.25, 0.3) is 0 Å². The Morgan fingerprint density at radius 1 is 1.14 bits per heavy atom. The quantitative estimate of drug-likeness (QED) is 0.203. The molecule has 10 heteroatoms. The second-order valence-electron chi connectivity index (χ2n) is 10.5. The smallest absolute Gasteiger partial charge is 0.228 e. The summed E-state index contributed by atoms with van der Waals surface area (Å²) in [5.74, 6) is 7.82. The van der Waals surface area contributed by atoms with Gasteiger partial charge in [0.05, 0.1) is 11.1 Å². The number of nitrogens with one attached hydrogen (secondary N) is 2. The van der Waals surface area contributed by atoms with Gasteiger partial charge in [-0.3, -0.25) is 4.79 Å². The summed E-state index contributed by atoms with van der Waals surface area (Å²) in [6.07, 6.45) is 5.33. The van der Waals surface area contributed by atoms with Crippen LogP contribution < -0.4 is 10.6 Å². The molecule has 1 fully saturated rings. The van der Waals surface area contributed by atoms with E-state index in [4.69, 9.17) is 4.74 Å². The first-order valence-corrected chi connectivity index (χ1v) is 16.2. The number of rotatable bonds is 8. The van der Waals surface area contributed by atoms with Crippen molar-refractivity contribution in [3.8, 4) is 11.8 Å². The predicted octanol–water partition coefficient (Wildman–Crippen LogP) is 4.48. The summed E-state index contributed by atoms with van der Waals surface area (Å²) in [5, 5.41) is 16.3. The van der Waals surface area contributed by atoms with Crippen molar-refractivity contribution in [2.45, 2.75) is 45.3 Å². The number of ether oxygens (including phenoxy) is 1. The molecule has 0 bridgehead atoms. The minimum Gasteiger partial charge on any atom is -0.373 e. The van der Waals surface area contributed by atoms with E-state index in [-0.39, 0.29) is 11.8 Å². The van der Waals surface area contributed by atoms with Crippen LogP contribution >= 0.6 is 0 Å². The maximum Gasteiger partial charge on any atom is 0.228 e. The Labute approximate surface area is 217 Å². The van der Waals surface area contributed by atoms with Crippen LogP contribution in [0.25, 0.3) is 21.8 Å². The van der Waals surface area contributed by atoms with Crippen LogP contribution in [-0.2, 0) is 16.3 Å². The summed E-state index contributed by atoms with van der Waals surface area (Å²) >= 11 is 0. The SMILES string of the molecule is CNc1ncc(C#Cc2ccc3c(c2)nnn3COCC[Si](C)(C)C)c2cc(NC(=O)C3CC3)ncc12. The van der Waals surface area contributed by atoms with Crippen LogP contribution in [-0.4, -0.2) is 52.6 Å². The van der Waals surface area contributed by atoms with Gasteiger partial charge in [-0.05, 0) is 43.2 Å². The van der Waals surface area contributed by atoms with Crippen molar-refractivity contribution >= 4 is 47.4 Å². The molecule has 1 aliphatic rings. The zero-order chi connectivity index (χ0) is 26.0. The summed E-state index contributed by atoms with van der Waals surface area (Å²) in [6, 6.07) is 8.82. The molecule has 0 saturated heterocycles. The first-order valence-electron chi connectivity index (χ1n) is 12.5. The molecule has 9 nitrogen and oxygen atoms in total. The third-order valence-corrected chi connectivity index (χ3v) is 7.98. The van der Waals surface area contributed by atoms with Crippen LogP contribution in [0.3, 0.4) is 0 Å². The van der Waals surface area contributed by atoms with Crippen LogP contribution in [0.5, 0.6) is 0 Å². The lowest BCUT2D eigenvalue weighted by molar-refractivity contribution is -0.117. The van der Waals surface area contributed by atoms with Gasteiger partial charge in [-0.15, -0.1) is 5.10 Å². The van der Waals surface area contributed by atoms with Gasteiger partial charge in [-0.1, -0.05) is 36.7 Å². The van der Waals surface area contributed by atoms with Gasteiger partial charge in [0.2, 0.25) is 5.91 Å².